The summed E-state index contributed by atoms with van der Waals surface area (Å²) in [6, 6.07) is 7.22. The number of piperazine rings is 1. The fraction of sp³-hybridized carbons (Fsp3) is 0.556. The Morgan fingerprint density at radius 2 is 1.92 bits per heavy atom. The number of aliphatic hydroxyl groups is 3. The molecule has 0 saturated carbocycles. The summed E-state index contributed by atoms with van der Waals surface area (Å²) in [5, 5.41) is 33.2. The predicted octanol–water partition coefficient (Wildman–Crippen LogP) is -1.48. The molecule has 0 bridgehead atoms. The molecule has 1 aliphatic heterocycles. The van der Waals surface area contributed by atoms with Gasteiger partial charge in [0.25, 0.3) is 0 Å². The van der Waals surface area contributed by atoms with Gasteiger partial charge in [0.2, 0.25) is 11.8 Å². The van der Waals surface area contributed by atoms with E-state index in [9.17, 15) is 24.9 Å². The van der Waals surface area contributed by atoms with Gasteiger partial charge in [-0.15, -0.1) is 0 Å². The van der Waals surface area contributed by atoms with Gasteiger partial charge in [-0.25, -0.2) is 0 Å². The minimum atomic E-state index is -1.50. The topological polar surface area (TPSA) is 122 Å². The Morgan fingerprint density at radius 3 is 2.54 bits per heavy atom. The molecule has 1 aliphatic rings. The summed E-state index contributed by atoms with van der Waals surface area (Å²) in [4.78, 5) is 26.6. The number of carbonyl (C=O) groups is 2. The third-order valence-electron chi connectivity index (χ3n) is 4.77. The van der Waals surface area contributed by atoms with Crippen LogP contribution in [0.4, 0.5) is 0 Å². The van der Waals surface area contributed by atoms with Gasteiger partial charge in [-0.05, 0) is 18.1 Å². The van der Waals surface area contributed by atoms with Crippen LogP contribution >= 0.6 is 0 Å². The quantitative estimate of drug-likeness (QED) is 0.383. The number of amides is 2. The fourth-order valence-corrected chi connectivity index (χ4v) is 2.97. The van der Waals surface area contributed by atoms with E-state index in [4.69, 9.17) is 0 Å². The third kappa shape index (κ3) is 4.79. The molecule has 0 aliphatic carbocycles. The van der Waals surface area contributed by atoms with Crippen molar-refractivity contribution in [3.63, 3.8) is 0 Å². The predicted molar refractivity (Wildman–Crippen MR) is 95.1 cm³/mol. The summed E-state index contributed by atoms with van der Waals surface area (Å²) >= 11 is 0. The number of benzene rings is 1. The van der Waals surface area contributed by atoms with Crippen LogP contribution in [0.2, 0.25) is 0 Å². The number of nitrogens with one attached hydrogen (secondary N) is 2. The van der Waals surface area contributed by atoms with Gasteiger partial charge in [0, 0.05) is 19.6 Å². The highest BCUT2D eigenvalue weighted by molar-refractivity contribution is 5.89. The molecule has 1 aromatic carbocycles. The minimum absolute atomic E-state index is 0.126. The molecule has 2 rings (SSSR count). The van der Waals surface area contributed by atoms with Crippen molar-refractivity contribution in [2.45, 2.75) is 31.5 Å². The number of aliphatic hydroxyl groups excluding tert-OH is 3. The lowest BCUT2D eigenvalue weighted by molar-refractivity contribution is -0.135. The van der Waals surface area contributed by atoms with Crippen LogP contribution in [0.15, 0.2) is 24.3 Å². The Morgan fingerprint density at radius 1 is 1.27 bits per heavy atom. The van der Waals surface area contributed by atoms with Crippen LogP contribution < -0.4 is 10.6 Å². The molecule has 1 heterocycles. The van der Waals surface area contributed by atoms with Crippen LogP contribution in [0.5, 0.6) is 0 Å². The Kier molecular flexibility index (Phi) is 7.10. The summed E-state index contributed by atoms with van der Waals surface area (Å²) in [5.74, 6) is -0.749. The van der Waals surface area contributed by atoms with Crippen LogP contribution in [-0.2, 0) is 16.1 Å². The zero-order valence-corrected chi connectivity index (χ0v) is 14.9. The molecule has 2 amide bonds. The molecular formula is C18H27N3O5. The van der Waals surface area contributed by atoms with Crippen molar-refractivity contribution in [3.8, 4) is 0 Å². The third-order valence-corrected chi connectivity index (χ3v) is 4.77. The second-order valence-corrected chi connectivity index (χ2v) is 6.71. The van der Waals surface area contributed by atoms with Gasteiger partial charge in [-0.1, -0.05) is 24.3 Å². The van der Waals surface area contributed by atoms with Crippen molar-refractivity contribution >= 4 is 11.8 Å². The number of aryl methyl sites for hydroxylation is 1. The highest BCUT2D eigenvalue weighted by Crippen LogP contribution is 2.17. The van der Waals surface area contributed by atoms with Gasteiger partial charge in [-0.3, -0.25) is 14.5 Å². The first-order chi connectivity index (χ1) is 12.4. The zero-order chi connectivity index (χ0) is 19.2. The van der Waals surface area contributed by atoms with Crippen LogP contribution in [0.25, 0.3) is 0 Å². The number of hydrogen-bond acceptors (Lipinski definition) is 6. The molecular weight excluding hydrogens is 338 g/mol. The van der Waals surface area contributed by atoms with Gasteiger partial charge >= 0.3 is 0 Å². The first-order valence-corrected chi connectivity index (χ1v) is 8.64. The molecule has 144 valence electrons. The van der Waals surface area contributed by atoms with E-state index in [2.05, 4.69) is 10.6 Å². The molecule has 0 spiro atoms. The van der Waals surface area contributed by atoms with Gasteiger partial charge in [0.05, 0.1) is 32.3 Å². The van der Waals surface area contributed by atoms with Crippen LogP contribution in [-0.4, -0.2) is 76.5 Å². The van der Waals surface area contributed by atoms with Crippen molar-refractivity contribution in [1.29, 1.82) is 0 Å². The molecule has 26 heavy (non-hydrogen) atoms. The monoisotopic (exact) mass is 365 g/mol. The summed E-state index contributed by atoms with van der Waals surface area (Å²) < 4.78 is 0. The summed E-state index contributed by atoms with van der Waals surface area (Å²) in [7, 11) is 0. The standard InChI is InChI=1S/C18H27N3O5/c1-13-4-2-3-5-14(13)9-21-7-6-19-17(26)15(21)8-16(25)20-18(10-22,11-23)12-24/h2-5,15,22-24H,6-12H2,1H3,(H,19,26)(H,20,25). The smallest absolute Gasteiger partial charge is 0.237 e. The van der Waals surface area contributed by atoms with Crippen molar-refractivity contribution in [2.24, 2.45) is 0 Å². The molecule has 1 saturated heterocycles. The van der Waals surface area contributed by atoms with E-state index in [0.717, 1.165) is 11.1 Å². The van der Waals surface area contributed by atoms with E-state index in [0.29, 0.717) is 19.6 Å². The summed E-state index contributed by atoms with van der Waals surface area (Å²) in [6.07, 6.45) is -0.126. The lowest BCUT2D eigenvalue weighted by atomic mass is 10.0. The Balaban J connectivity index is 2.09. The van der Waals surface area contributed by atoms with Crippen molar-refractivity contribution in [3.05, 3.63) is 35.4 Å². The lowest BCUT2D eigenvalue weighted by Gasteiger charge is -2.36. The van der Waals surface area contributed by atoms with E-state index < -0.39 is 37.3 Å². The van der Waals surface area contributed by atoms with Crippen LogP contribution in [0.3, 0.4) is 0 Å². The van der Waals surface area contributed by atoms with E-state index in [1.807, 2.05) is 36.1 Å². The molecule has 8 nitrogen and oxygen atoms in total. The first-order valence-electron chi connectivity index (χ1n) is 8.64. The normalized spacial score (nSPS) is 18.5. The van der Waals surface area contributed by atoms with E-state index in [-0.39, 0.29) is 12.3 Å². The summed E-state index contributed by atoms with van der Waals surface area (Å²) in [6.45, 7) is 1.86. The van der Waals surface area contributed by atoms with Crippen LogP contribution in [0.1, 0.15) is 17.5 Å². The maximum atomic E-state index is 12.4. The second-order valence-electron chi connectivity index (χ2n) is 6.71. The van der Waals surface area contributed by atoms with Gasteiger partial charge in [-0.2, -0.15) is 0 Å². The molecule has 5 N–H and O–H groups in total. The molecule has 8 heteroatoms. The van der Waals surface area contributed by atoms with Crippen molar-refractivity contribution in [2.75, 3.05) is 32.9 Å². The van der Waals surface area contributed by atoms with Crippen molar-refractivity contribution < 1.29 is 24.9 Å². The molecule has 0 radical (unpaired) electrons. The van der Waals surface area contributed by atoms with E-state index in [1.165, 1.54) is 0 Å². The van der Waals surface area contributed by atoms with Gasteiger partial charge in [0.1, 0.15) is 5.54 Å². The molecule has 1 aromatic rings. The number of rotatable bonds is 8. The maximum Gasteiger partial charge on any atom is 0.237 e. The number of nitrogens with zero attached hydrogens (tertiary/aromatic N) is 1. The molecule has 1 fully saturated rings. The fourth-order valence-electron chi connectivity index (χ4n) is 2.97. The Labute approximate surface area is 152 Å². The average molecular weight is 365 g/mol. The number of carbonyl (C=O) groups excluding carboxylic acids is 2. The van der Waals surface area contributed by atoms with E-state index >= 15 is 0 Å². The van der Waals surface area contributed by atoms with Gasteiger partial charge < -0.3 is 26.0 Å². The highest BCUT2D eigenvalue weighted by Gasteiger charge is 2.35. The molecule has 1 atom stereocenters. The molecule has 1 unspecified atom stereocenters. The second kappa shape index (κ2) is 9.09. The minimum Gasteiger partial charge on any atom is -0.394 e. The lowest BCUT2D eigenvalue weighted by Crippen LogP contribution is -2.60. The van der Waals surface area contributed by atoms with Crippen LogP contribution in [0, 0.1) is 6.92 Å². The molecule has 0 aromatic heterocycles. The number of hydrogen-bond donors (Lipinski definition) is 5. The first kappa shape index (κ1) is 20.3. The highest BCUT2D eigenvalue weighted by atomic mass is 16.3. The van der Waals surface area contributed by atoms with E-state index in [1.54, 1.807) is 0 Å². The average Bonchev–Trinajstić information content (AvgIpc) is 2.64. The summed E-state index contributed by atoms with van der Waals surface area (Å²) in [5.41, 5.74) is 0.702. The Bertz CT molecular complexity index is 625. The van der Waals surface area contributed by atoms with Crippen molar-refractivity contribution in [1.82, 2.24) is 15.5 Å². The Hall–Kier alpha value is -2.00. The largest absolute Gasteiger partial charge is 0.394 e. The zero-order valence-electron chi connectivity index (χ0n) is 14.9. The SMILES string of the molecule is Cc1ccccc1CN1CCNC(=O)C1CC(=O)NC(CO)(CO)CO. The van der Waals surface area contributed by atoms with Gasteiger partial charge in [0.15, 0.2) is 0 Å². The maximum absolute atomic E-state index is 12.4.